The average molecular weight is 468 g/mol. The molecule has 0 radical (unpaired) electrons. The molecule has 176 valence electrons. The predicted molar refractivity (Wildman–Crippen MR) is 151 cm³/mol. The third-order valence-electron chi connectivity index (χ3n) is 7.32. The van der Waals surface area contributed by atoms with E-state index < -0.39 is 0 Å². The van der Waals surface area contributed by atoms with Crippen molar-refractivity contribution in [3.05, 3.63) is 113 Å². The normalized spacial score (nSPS) is 11.5. The van der Waals surface area contributed by atoms with E-state index in [1.165, 1.54) is 50.1 Å². The van der Waals surface area contributed by atoms with Crippen LogP contribution in [0.25, 0.3) is 49.7 Å². The SMILES string of the molecule is Cc1cc(C)c(-c2cc(C)c(-c3ccc(-n4c5ccncc5c5cnccc54)cc3)cc2C)c(C)c1. The van der Waals surface area contributed by atoms with E-state index in [-0.39, 0.29) is 0 Å². The van der Waals surface area contributed by atoms with Crippen LogP contribution in [0, 0.1) is 34.6 Å². The summed E-state index contributed by atoms with van der Waals surface area (Å²) < 4.78 is 2.29. The highest BCUT2D eigenvalue weighted by Crippen LogP contribution is 2.36. The van der Waals surface area contributed by atoms with Crippen molar-refractivity contribution in [2.45, 2.75) is 34.6 Å². The van der Waals surface area contributed by atoms with Crippen LogP contribution in [0.3, 0.4) is 0 Å². The summed E-state index contributed by atoms with van der Waals surface area (Å²) in [6, 6.07) is 22.3. The highest BCUT2D eigenvalue weighted by Gasteiger charge is 2.15. The van der Waals surface area contributed by atoms with Gasteiger partial charge in [-0.25, -0.2) is 0 Å². The molecule has 0 amide bonds. The molecule has 0 fully saturated rings. The van der Waals surface area contributed by atoms with Crippen LogP contribution >= 0.6 is 0 Å². The predicted octanol–water partition coefficient (Wildman–Crippen LogP) is 8.45. The molecule has 0 N–H and O–H groups in total. The Hall–Kier alpha value is -4.24. The summed E-state index contributed by atoms with van der Waals surface area (Å²) in [4.78, 5) is 8.69. The molecule has 0 bridgehead atoms. The molecule has 3 heterocycles. The molecule has 6 rings (SSSR count). The third kappa shape index (κ3) is 3.51. The van der Waals surface area contributed by atoms with Crippen LogP contribution in [0.2, 0.25) is 0 Å². The Labute approximate surface area is 212 Å². The maximum absolute atomic E-state index is 4.34. The van der Waals surface area contributed by atoms with Crippen LogP contribution in [-0.4, -0.2) is 14.5 Å². The molecule has 0 spiro atoms. The molecule has 0 aliphatic carbocycles. The van der Waals surface area contributed by atoms with Gasteiger partial charge in [-0.2, -0.15) is 0 Å². The smallest absolute Gasteiger partial charge is 0.0572 e. The van der Waals surface area contributed by atoms with Gasteiger partial charge in [-0.05, 0) is 103 Å². The Balaban J connectivity index is 1.44. The standard InChI is InChI=1S/C33H29N3/c1-20-14-23(4)33(24(5)15-20)28-17-21(2)27(16-22(28)3)25-6-8-26(9-7-25)36-31-10-12-34-18-29(31)30-19-35-13-11-32(30)36/h6-19H,1-5H3. The molecule has 0 saturated carbocycles. The molecular weight excluding hydrogens is 438 g/mol. The number of aromatic nitrogens is 3. The van der Waals surface area contributed by atoms with E-state index in [1.54, 1.807) is 0 Å². The van der Waals surface area contributed by atoms with Gasteiger partial charge in [0.2, 0.25) is 0 Å². The second-order valence-electron chi connectivity index (χ2n) is 9.92. The number of nitrogens with zero attached hydrogens (tertiary/aromatic N) is 3. The third-order valence-corrected chi connectivity index (χ3v) is 7.32. The largest absolute Gasteiger partial charge is 0.309 e. The summed E-state index contributed by atoms with van der Waals surface area (Å²) >= 11 is 0. The second-order valence-corrected chi connectivity index (χ2v) is 9.92. The minimum absolute atomic E-state index is 1.12. The second kappa shape index (κ2) is 8.46. The first-order valence-electron chi connectivity index (χ1n) is 12.4. The average Bonchev–Trinajstić information content (AvgIpc) is 3.20. The van der Waals surface area contributed by atoms with Gasteiger partial charge in [0.1, 0.15) is 0 Å². The lowest BCUT2D eigenvalue weighted by atomic mass is 9.87. The number of hydrogen-bond donors (Lipinski definition) is 0. The van der Waals surface area contributed by atoms with Crippen LogP contribution in [0.15, 0.2) is 85.5 Å². The highest BCUT2D eigenvalue weighted by atomic mass is 15.0. The highest BCUT2D eigenvalue weighted by molar-refractivity contribution is 6.08. The quantitative estimate of drug-likeness (QED) is 0.261. The zero-order chi connectivity index (χ0) is 25.0. The fraction of sp³-hybridized carbons (Fsp3) is 0.152. The van der Waals surface area contributed by atoms with E-state index in [9.17, 15) is 0 Å². The van der Waals surface area contributed by atoms with Crippen LogP contribution in [-0.2, 0) is 0 Å². The van der Waals surface area contributed by atoms with Crippen molar-refractivity contribution in [2.24, 2.45) is 0 Å². The van der Waals surface area contributed by atoms with Gasteiger partial charge in [-0.1, -0.05) is 42.0 Å². The molecule has 0 saturated heterocycles. The number of hydrogen-bond acceptors (Lipinski definition) is 2. The van der Waals surface area contributed by atoms with Crippen LogP contribution in [0.5, 0.6) is 0 Å². The first-order chi connectivity index (χ1) is 17.4. The van der Waals surface area contributed by atoms with E-state index in [0.29, 0.717) is 0 Å². The molecule has 3 nitrogen and oxygen atoms in total. The van der Waals surface area contributed by atoms with Crippen molar-refractivity contribution in [3.8, 4) is 27.9 Å². The zero-order valence-corrected chi connectivity index (χ0v) is 21.4. The molecule has 0 atom stereocenters. The minimum Gasteiger partial charge on any atom is -0.309 e. The Kier molecular flexibility index (Phi) is 5.22. The Bertz CT molecular complexity index is 1700. The van der Waals surface area contributed by atoms with Gasteiger partial charge < -0.3 is 4.57 Å². The Morgan fingerprint density at radius 2 is 1.08 bits per heavy atom. The van der Waals surface area contributed by atoms with Gasteiger partial charge in [0.25, 0.3) is 0 Å². The van der Waals surface area contributed by atoms with Crippen molar-refractivity contribution in [1.29, 1.82) is 0 Å². The fourth-order valence-electron chi connectivity index (χ4n) is 5.78. The van der Waals surface area contributed by atoms with E-state index in [4.69, 9.17) is 0 Å². The Morgan fingerprint density at radius 1 is 0.556 bits per heavy atom. The van der Waals surface area contributed by atoms with Crippen molar-refractivity contribution in [3.63, 3.8) is 0 Å². The first-order valence-corrected chi connectivity index (χ1v) is 12.4. The van der Waals surface area contributed by atoms with Gasteiger partial charge in [-0.3, -0.25) is 9.97 Å². The molecular formula is C33H29N3. The lowest BCUT2D eigenvalue weighted by Gasteiger charge is -2.17. The number of benzene rings is 3. The fourth-order valence-corrected chi connectivity index (χ4v) is 5.78. The zero-order valence-electron chi connectivity index (χ0n) is 21.4. The lowest BCUT2D eigenvalue weighted by molar-refractivity contribution is 1.17. The monoisotopic (exact) mass is 467 g/mol. The van der Waals surface area contributed by atoms with Crippen LogP contribution < -0.4 is 0 Å². The number of rotatable bonds is 3. The number of aryl methyl sites for hydroxylation is 5. The summed E-state index contributed by atoms with van der Waals surface area (Å²) in [5, 5.41) is 2.24. The van der Waals surface area contributed by atoms with Crippen molar-refractivity contribution in [1.82, 2.24) is 14.5 Å². The molecule has 36 heavy (non-hydrogen) atoms. The maximum Gasteiger partial charge on any atom is 0.0572 e. The van der Waals surface area contributed by atoms with Crippen molar-refractivity contribution < 1.29 is 0 Å². The summed E-state index contributed by atoms with van der Waals surface area (Å²) in [5.74, 6) is 0. The maximum atomic E-state index is 4.34. The summed E-state index contributed by atoms with van der Waals surface area (Å²) in [6.07, 6.45) is 7.56. The molecule has 0 unspecified atom stereocenters. The van der Waals surface area contributed by atoms with Gasteiger partial charge in [0.05, 0.1) is 11.0 Å². The first kappa shape index (κ1) is 22.2. The molecule has 3 heteroatoms. The van der Waals surface area contributed by atoms with Gasteiger partial charge in [-0.15, -0.1) is 0 Å². The van der Waals surface area contributed by atoms with E-state index >= 15 is 0 Å². The molecule has 3 aromatic carbocycles. The van der Waals surface area contributed by atoms with Crippen molar-refractivity contribution >= 4 is 21.8 Å². The molecule has 3 aromatic heterocycles. The number of pyridine rings is 2. The van der Waals surface area contributed by atoms with Crippen LogP contribution in [0.4, 0.5) is 0 Å². The van der Waals surface area contributed by atoms with Crippen molar-refractivity contribution in [2.75, 3.05) is 0 Å². The van der Waals surface area contributed by atoms with Gasteiger partial charge in [0, 0.05) is 41.2 Å². The summed E-state index contributed by atoms with van der Waals surface area (Å²) in [5.41, 5.74) is 15.2. The lowest BCUT2D eigenvalue weighted by Crippen LogP contribution is -1.96. The van der Waals surface area contributed by atoms with Crippen LogP contribution in [0.1, 0.15) is 27.8 Å². The Morgan fingerprint density at radius 3 is 1.67 bits per heavy atom. The summed E-state index contributed by atoms with van der Waals surface area (Å²) in [7, 11) is 0. The molecule has 0 aliphatic heterocycles. The molecule has 0 aliphatic rings. The van der Waals surface area contributed by atoms with Gasteiger partial charge >= 0.3 is 0 Å². The summed E-state index contributed by atoms with van der Waals surface area (Å²) in [6.45, 7) is 11.1. The minimum atomic E-state index is 1.12. The van der Waals surface area contributed by atoms with E-state index in [1.807, 2.05) is 24.8 Å². The molecule has 6 aromatic rings. The van der Waals surface area contributed by atoms with E-state index in [2.05, 4.69) is 110 Å². The van der Waals surface area contributed by atoms with E-state index in [0.717, 1.165) is 27.5 Å². The van der Waals surface area contributed by atoms with Gasteiger partial charge in [0.15, 0.2) is 0 Å². The topological polar surface area (TPSA) is 30.7 Å². The number of fused-ring (bicyclic) bond motifs is 3.